The second-order valence-electron chi connectivity index (χ2n) is 5.81. The van der Waals surface area contributed by atoms with E-state index in [1.165, 1.54) is 22.5 Å². The van der Waals surface area contributed by atoms with Crippen LogP contribution in [-0.2, 0) is 29.5 Å². The molecular weight excluding hydrogens is 356 g/mol. The second-order valence-corrected chi connectivity index (χ2v) is 9.26. The van der Waals surface area contributed by atoms with Gasteiger partial charge in [0.15, 0.2) is 6.29 Å². The van der Waals surface area contributed by atoms with E-state index < -0.39 is 32.4 Å². The van der Waals surface area contributed by atoms with Crippen molar-refractivity contribution in [2.24, 2.45) is 5.14 Å². The third kappa shape index (κ3) is 3.48. The van der Waals surface area contributed by atoms with E-state index in [-0.39, 0.29) is 9.79 Å². The topological polar surface area (TPSA) is 116 Å². The molecule has 10 heteroatoms. The van der Waals surface area contributed by atoms with Crippen molar-refractivity contribution in [3.8, 4) is 0 Å². The summed E-state index contributed by atoms with van der Waals surface area (Å²) in [5.41, 5.74) is 0. The van der Waals surface area contributed by atoms with Crippen molar-refractivity contribution in [3.63, 3.8) is 0 Å². The Kier molecular flexibility index (Phi) is 4.96. The van der Waals surface area contributed by atoms with Crippen molar-refractivity contribution in [2.45, 2.75) is 41.4 Å². The smallest absolute Gasteiger partial charge is 0.243 e. The molecule has 0 amide bonds. The largest absolute Gasteiger partial charge is 0.349 e. The Bertz CT molecular complexity index is 802. The molecule has 0 spiro atoms. The third-order valence-electron chi connectivity index (χ3n) is 4.20. The number of nitrogens with two attached hydrogens (primary N) is 1. The maximum Gasteiger partial charge on any atom is 0.243 e. The summed E-state index contributed by atoms with van der Waals surface area (Å²) in [5.74, 6) is 0. The highest BCUT2D eigenvalue weighted by Crippen LogP contribution is 2.30. The van der Waals surface area contributed by atoms with Crippen LogP contribution in [0.1, 0.15) is 19.3 Å². The molecule has 1 atom stereocenters. The fraction of sp³-hybridized carbons (Fsp3) is 0.571. The van der Waals surface area contributed by atoms with Crippen molar-refractivity contribution >= 4 is 20.0 Å². The van der Waals surface area contributed by atoms with Crippen LogP contribution in [0.25, 0.3) is 0 Å². The van der Waals surface area contributed by atoms with Crippen LogP contribution in [0.15, 0.2) is 34.1 Å². The number of nitrogens with zero attached hydrogens (tertiary/aromatic N) is 1. The Morgan fingerprint density at radius 1 is 1.04 bits per heavy atom. The lowest BCUT2D eigenvalue weighted by Gasteiger charge is -2.36. The normalized spacial score (nSPS) is 24.3. The molecule has 2 fully saturated rings. The first-order valence-corrected chi connectivity index (χ1v) is 10.7. The van der Waals surface area contributed by atoms with Gasteiger partial charge in [0.1, 0.15) is 0 Å². The van der Waals surface area contributed by atoms with Crippen LogP contribution in [-0.4, -0.2) is 53.2 Å². The minimum atomic E-state index is -3.98. The lowest BCUT2D eigenvalue weighted by molar-refractivity contribution is -0.0913. The number of hydrogen-bond acceptors (Lipinski definition) is 6. The van der Waals surface area contributed by atoms with Crippen molar-refractivity contribution in [1.82, 2.24) is 4.31 Å². The summed E-state index contributed by atoms with van der Waals surface area (Å²) in [6, 6.07) is 4.68. The fourth-order valence-corrected chi connectivity index (χ4v) is 5.41. The molecule has 0 bridgehead atoms. The monoisotopic (exact) mass is 376 g/mol. The number of sulfonamides is 2. The van der Waals surface area contributed by atoms with Gasteiger partial charge in [0.2, 0.25) is 20.0 Å². The molecule has 2 aliphatic rings. The predicted molar refractivity (Wildman–Crippen MR) is 85.0 cm³/mol. The van der Waals surface area contributed by atoms with Crippen LogP contribution >= 0.6 is 0 Å². The molecule has 0 saturated carbocycles. The summed E-state index contributed by atoms with van der Waals surface area (Å²) in [5, 5.41) is 5.10. The lowest BCUT2D eigenvalue weighted by atomic mass is 10.0. The highest BCUT2D eigenvalue weighted by molar-refractivity contribution is 7.90. The first-order valence-electron chi connectivity index (χ1n) is 7.68. The minimum absolute atomic E-state index is 0.0982. The van der Waals surface area contributed by atoms with Gasteiger partial charge in [-0.1, -0.05) is 12.5 Å². The Hall–Kier alpha value is -1.04. The molecule has 1 aromatic rings. The molecule has 2 heterocycles. The van der Waals surface area contributed by atoms with Gasteiger partial charge in [-0.2, -0.15) is 4.31 Å². The molecule has 1 aromatic carbocycles. The van der Waals surface area contributed by atoms with E-state index in [0.29, 0.717) is 26.2 Å². The third-order valence-corrected chi connectivity index (χ3v) is 7.03. The van der Waals surface area contributed by atoms with Crippen LogP contribution in [0.3, 0.4) is 0 Å². The average molecular weight is 376 g/mol. The van der Waals surface area contributed by atoms with E-state index in [0.717, 1.165) is 18.9 Å². The zero-order valence-electron chi connectivity index (χ0n) is 13.0. The Balaban J connectivity index is 1.96. The summed E-state index contributed by atoms with van der Waals surface area (Å²) >= 11 is 0. The van der Waals surface area contributed by atoms with Crippen molar-refractivity contribution in [2.75, 3.05) is 19.8 Å². The molecule has 0 aromatic heterocycles. The van der Waals surface area contributed by atoms with E-state index in [4.69, 9.17) is 14.6 Å². The van der Waals surface area contributed by atoms with Crippen LogP contribution < -0.4 is 5.14 Å². The molecule has 2 N–H and O–H groups in total. The molecule has 3 rings (SSSR count). The fourth-order valence-electron chi connectivity index (χ4n) is 3.05. The molecule has 2 saturated heterocycles. The molecule has 8 nitrogen and oxygen atoms in total. The Labute approximate surface area is 141 Å². The number of benzene rings is 1. The maximum absolute atomic E-state index is 13.0. The first-order chi connectivity index (χ1) is 11.3. The van der Waals surface area contributed by atoms with Gasteiger partial charge in [-0.25, -0.2) is 22.0 Å². The summed E-state index contributed by atoms with van der Waals surface area (Å²) in [6.45, 7) is 1.22. The van der Waals surface area contributed by atoms with Gasteiger partial charge in [0, 0.05) is 6.54 Å². The predicted octanol–water partition coefficient (Wildman–Crippen LogP) is 0.250. The quantitative estimate of drug-likeness (QED) is 0.805. The number of primary sulfonamides is 1. The van der Waals surface area contributed by atoms with Gasteiger partial charge < -0.3 is 9.47 Å². The van der Waals surface area contributed by atoms with E-state index in [9.17, 15) is 16.8 Å². The molecule has 134 valence electrons. The molecule has 0 unspecified atom stereocenters. The van der Waals surface area contributed by atoms with Gasteiger partial charge in [-0.15, -0.1) is 0 Å². The van der Waals surface area contributed by atoms with Crippen LogP contribution in [0.4, 0.5) is 0 Å². The zero-order chi connectivity index (χ0) is 17.4. The second kappa shape index (κ2) is 6.70. The molecule has 0 aliphatic carbocycles. The summed E-state index contributed by atoms with van der Waals surface area (Å²) < 4.78 is 61.3. The van der Waals surface area contributed by atoms with Gasteiger partial charge in [-0.05, 0) is 31.0 Å². The van der Waals surface area contributed by atoms with Crippen LogP contribution in [0, 0.1) is 0 Å². The van der Waals surface area contributed by atoms with Crippen LogP contribution in [0.5, 0.6) is 0 Å². The number of hydrogen-bond donors (Lipinski definition) is 1. The Morgan fingerprint density at radius 2 is 1.71 bits per heavy atom. The summed E-state index contributed by atoms with van der Waals surface area (Å²) in [6.07, 6.45) is 1.68. The number of rotatable bonds is 4. The molecule has 0 radical (unpaired) electrons. The van der Waals surface area contributed by atoms with Gasteiger partial charge in [0.25, 0.3) is 0 Å². The summed E-state index contributed by atoms with van der Waals surface area (Å²) in [4.78, 5) is -0.329. The lowest BCUT2D eigenvalue weighted by Crippen LogP contribution is -2.50. The van der Waals surface area contributed by atoms with Gasteiger partial charge >= 0.3 is 0 Å². The van der Waals surface area contributed by atoms with Gasteiger partial charge in [0.05, 0.1) is 29.0 Å². The highest BCUT2D eigenvalue weighted by Gasteiger charge is 2.40. The van der Waals surface area contributed by atoms with E-state index in [1.807, 2.05) is 0 Å². The van der Waals surface area contributed by atoms with E-state index >= 15 is 0 Å². The van der Waals surface area contributed by atoms with Crippen molar-refractivity contribution in [3.05, 3.63) is 24.3 Å². The maximum atomic E-state index is 13.0. The number of piperidine rings is 1. The Morgan fingerprint density at radius 3 is 2.38 bits per heavy atom. The molecule has 24 heavy (non-hydrogen) atoms. The number of ether oxygens (including phenoxy) is 2. The standard InChI is InChI=1S/C14H20N2O6S2/c15-23(17,18)11-4-3-5-12(10-11)24(19,20)16-7-2-1-6-13(16)14-21-8-9-22-14/h3-5,10,13-14H,1-2,6-9H2,(H2,15,17,18)/t13-/m0/s1. The average Bonchev–Trinajstić information content (AvgIpc) is 3.08. The van der Waals surface area contributed by atoms with E-state index in [1.54, 1.807) is 0 Å². The minimum Gasteiger partial charge on any atom is -0.349 e. The van der Waals surface area contributed by atoms with Crippen LogP contribution in [0.2, 0.25) is 0 Å². The first kappa shape index (κ1) is 17.8. The highest BCUT2D eigenvalue weighted by atomic mass is 32.2. The molecular formula is C14H20N2O6S2. The summed E-state index contributed by atoms with van der Waals surface area (Å²) in [7, 11) is -7.86. The van der Waals surface area contributed by atoms with E-state index in [2.05, 4.69) is 0 Å². The zero-order valence-corrected chi connectivity index (χ0v) is 14.6. The van der Waals surface area contributed by atoms with Crippen molar-refractivity contribution in [1.29, 1.82) is 0 Å². The van der Waals surface area contributed by atoms with Gasteiger partial charge in [-0.3, -0.25) is 0 Å². The SMILES string of the molecule is NS(=O)(=O)c1cccc(S(=O)(=O)N2CCCC[C@H]2C2OCCO2)c1. The van der Waals surface area contributed by atoms with Crippen molar-refractivity contribution < 1.29 is 26.3 Å². The molecule has 2 aliphatic heterocycles.